The van der Waals surface area contributed by atoms with Gasteiger partial charge in [-0.05, 0) is 41.3 Å². The Morgan fingerprint density at radius 3 is 2.17 bits per heavy atom. The van der Waals surface area contributed by atoms with Crippen LogP contribution in [0.5, 0.6) is 0 Å². The monoisotopic (exact) mass is 310 g/mol. The van der Waals surface area contributed by atoms with Crippen LogP contribution in [0.15, 0.2) is 65.8 Å². The predicted octanol–water partition coefficient (Wildman–Crippen LogP) is 3.49. The summed E-state index contributed by atoms with van der Waals surface area (Å²) < 4.78 is 0. The minimum absolute atomic E-state index is 0.0144. The molecule has 0 N–H and O–H groups in total. The van der Waals surface area contributed by atoms with Gasteiger partial charge in [0.25, 0.3) is 0 Å². The Morgan fingerprint density at radius 2 is 1.42 bits per heavy atom. The van der Waals surface area contributed by atoms with Gasteiger partial charge in [0.15, 0.2) is 11.6 Å². The summed E-state index contributed by atoms with van der Waals surface area (Å²) in [5.74, 6) is 0.121. The van der Waals surface area contributed by atoms with Crippen molar-refractivity contribution in [3.05, 3.63) is 93.6 Å². The Balaban J connectivity index is 1.73. The van der Waals surface area contributed by atoms with Crippen LogP contribution < -0.4 is 0 Å². The Morgan fingerprint density at radius 1 is 0.792 bits per heavy atom. The quantitative estimate of drug-likeness (QED) is 0.698. The SMILES string of the molecule is Cc1ccc2c(c1)C1C3=C(C(=O)C=CC3=O)C3c4ccccc4C231. The molecule has 0 saturated carbocycles. The number of hydrogen-bond donors (Lipinski definition) is 0. The fraction of sp³-hybridized carbons (Fsp3) is 0.182. The fourth-order valence-electron chi connectivity index (χ4n) is 5.65. The van der Waals surface area contributed by atoms with Gasteiger partial charge in [-0.3, -0.25) is 9.59 Å². The molecule has 0 saturated heterocycles. The summed E-state index contributed by atoms with van der Waals surface area (Å²) in [5.41, 5.74) is 7.57. The summed E-state index contributed by atoms with van der Waals surface area (Å²) in [6.45, 7) is 2.08. The van der Waals surface area contributed by atoms with Crippen LogP contribution in [-0.2, 0) is 15.0 Å². The molecule has 0 bridgehead atoms. The highest BCUT2D eigenvalue weighted by Gasteiger charge is 2.71. The molecule has 0 heterocycles. The number of allylic oxidation sites excluding steroid dienone is 4. The van der Waals surface area contributed by atoms with E-state index in [9.17, 15) is 9.59 Å². The lowest BCUT2D eigenvalue weighted by Crippen LogP contribution is -2.53. The largest absolute Gasteiger partial charge is 0.290 e. The van der Waals surface area contributed by atoms with Crippen molar-refractivity contribution in [1.29, 1.82) is 0 Å². The number of hydrogen-bond acceptors (Lipinski definition) is 2. The second-order valence-electron chi connectivity index (χ2n) is 7.30. The maximum Gasteiger partial charge on any atom is 0.183 e. The van der Waals surface area contributed by atoms with E-state index in [-0.39, 0.29) is 28.8 Å². The molecule has 0 radical (unpaired) electrons. The average Bonchev–Trinajstić information content (AvgIpc) is 2.80. The van der Waals surface area contributed by atoms with Crippen molar-refractivity contribution >= 4 is 11.6 Å². The van der Waals surface area contributed by atoms with Crippen LogP contribution in [0, 0.1) is 6.92 Å². The topological polar surface area (TPSA) is 34.1 Å². The molecule has 6 rings (SSSR count). The molecule has 3 unspecified atom stereocenters. The molecular formula is C22H14O2. The third-order valence-electron chi connectivity index (χ3n) is 6.38. The number of aryl methyl sites for hydroxylation is 1. The fourth-order valence-corrected chi connectivity index (χ4v) is 5.65. The lowest BCUT2D eigenvalue weighted by molar-refractivity contribution is -0.115. The highest BCUT2D eigenvalue weighted by molar-refractivity contribution is 6.24. The van der Waals surface area contributed by atoms with E-state index in [4.69, 9.17) is 0 Å². The van der Waals surface area contributed by atoms with E-state index < -0.39 is 0 Å². The molecule has 2 nitrogen and oxygen atoms in total. The van der Waals surface area contributed by atoms with Gasteiger partial charge in [-0.15, -0.1) is 0 Å². The molecule has 24 heavy (non-hydrogen) atoms. The maximum atomic E-state index is 12.7. The summed E-state index contributed by atoms with van der Waals surface area (Å²) in [4.78, 5) is 25.3. The van der Waals surface area contributed by atoms with Crippen LogP contribution in [0.25, 0.3) is 0 Å². The van der Waals surface area contributed by atoms with Crippen molar-refractivity contribution in [1.82, 2.24) is 0 Å². The molecular weight excluding hydrogens is 296 g/mol. The van der Waals surface area contributed by atoms with E-state index >= 15 is 0 Å². The number of benzene rings is 2. The van der Waals surface area contributed by atoms with Gasteiger partial charge < -0.3 is 0 Å². The van der Waals surface area contributed by atoms with Crippen molar-refractivity contribution in [2.24, 2.45) is 0 Å². The Bertz CT molecular complexity index is 1070. The van der Waals surface area contributed by atoms with E-state index in [1.165, 1.54) is 40.0 Å². The van der Waals surface area contributed by atoms with Crippen molar-refractivity contribution in [3.8, 4) is 0 Å². The van der Waals surface area contributed by atoms with Crippen molar-refractivity contribution < 1.29 is 9.59 Å². The van der Waals surface area contributed by atoms with Gasteiger partial charge in [-0.25, -0.2) is 0 Å². The first-order valence-electron chi connectivity index (χ1n) is 8.37. The first-order chi connectivity index (χ1) is 11.7. The van der Waals surface area contributed by atoms with Crippen LogP contribution in [0.4, 0.5) is 0 Å². The normalized spacial score (nSPS) is 30.7. The molecule has 2 aromatic rings. The molecule has 2 heteroatoms. The minimum Gasteiger partial charge on any atom is -0.290 e. The van der Waals surface area contributed by atoms with Gasteiger partial charge in [-0.1, -0.05) is 48.0 Å². The van der Waals surface area contributed by atoms with E-state index in [0.29, 0.717) is 0 Å². The first kappa shape index (κ1) is 12.7. The Kier molecular flexibility index (Phi) is 1.93. The average molecular weight is 310 g/mol. The van der Waals surface area contributed by atoms with Gasteiger partial charge >= 0.3 is 0 Å². The summed E-state index contributed by atoms with van der Waals surface area (Å²) in [6.07, 6.45) is 2.91. The number of ketones is 2. The maximum absolute atomic E-state index is 12.7. The molecule has 0 fully saturated rings. The smallest absolute Gasteiger partial charge is 0.183 e. The zero-order chi connectivity index (χ0) is 16.2. The highest BCUT2D eigenvalue weighted by atomic mass is 16.1. The minimum atomic E-state index is -0.179. The van der Waals surface area contributed by atoms with E-state index in [2.05, 4.69) is 43.3 Å². The molecule has 0 aromatic heterocycles. The summed E-state index contributed by atoms with van der Waals surface area (Å²) >= 11 is 0. The molecule has 1 spiro atoms. The molecule has 2 aromatic carbocycles. The van der Waals surface area contributed by atoms with Crippen LogP contribution in [0.3, 0.4) is 0 Å². The van der Waals surface area contributed by atoms with Gasteiger partial charge in [0.05, 0.1) is 0 Å². The van der Waals surface area contributed by atoms with Crippen molar-refractivity contribution in [3.63, 3.8) is 0 Å². The summed E-state index contributed by atoms with van der Waals surface area (Å²) in [6, 6.07) is 14.9. The van der Waals surface area contributed by atoms with Crippen LogP contribution in [0.2, 0.25) is 0 Å². The van der Waals surface area contributed by atoms with E-state index in [0.717, 1.165) is 11.1 Å². The van der Waals surface area contributed by atoms with Gasteiger partial charge in [-0.2, -0.15) is 0 Å². The summed E-state index contributed by atoms with van der Waals surface area (Å²) in [7, 11) is 0. The highest BCUT2D eigenvalue weighted by Crippen LogP contribution is 2.77. The van der Waals surface area contributed by atoms with Crippen LogP contribution >= 0.6 is 0 Å². The Hall–Kier alpha value is -2.74. The van der Waals surface area contributed by atoms with E-state index in [1.807, 2.05) is 6.07 Å². The second kappa shape index (κ2) is 3.67. The van der Waals surface area contributed by atoms with Crippen molar-refractivity contribution in [2.75, 3.05) is 0 Å². The standard InChI is InChI=1S/C22H14O2/c1-11-6-7-15-13(10-11)21-19-17(24)9-8-16(23)18(19)20-12-4-2-3-5-14(12)22(15,20)21/h2-10,20-21H,1H3. The second-order valence-corrected chi connectivity index (χ2v) is 7.30. The zero-order valence-corrected chi connectivity index (χ0v) is 13.2. The number of fused-ring (bicyclic) bond motifs is 6. The third kappa shape index (κ3) is 1.05. The number of carbonyl (C=O) groups excluding carboxylic acids is 2. The van der Waals surface area contributed by atoms with Gasteiger partial charge in [0, 0.05) is 28.4 Å². The van der Waals surface area contributed by atoms with Crippen LogP contribution in [0.1, 0.15) is 39.7 Å². The third-order valence-corrected chi connectivity index (χ3v) is 6.38. The molecule has 4 aliphatic rings. The van der Waals surface area contributed by atoms with Crippen molar-refractivity contribution in [2.45, 2.75) is 24.2 Å². The van der Waals surface area contributed by atoms with Gasteiger partial charge in [0.1, 0.15) is 0 Å². The zero-order valence-electron chi connectivity index (χ0n) is 13.2. The predicted molar refractivity (Wildman–Crippen MR) is 90.1 cm³/mol. The Labute approximate surface area is 139 Å². The van der Waals surface area contributed by atoms with Gasteiger partial charge in [0.2, 0.25) is 0 Å². The number of rotatable bonds is 0. The summed E-state index contributed by atoms with van der Waals surface area (Å²) in [5, 5.41) is 0. The molecule has 4 aliphatic carbocycles. The number of carbonyl (C=O) groups is 2. The molecule has 0 amide bonds. The molecule has 3 atom stereocenters. The molecule has 0 aliphatic heterocycles. The first-order valence-corrected chi connectivity index (χ1v) is 8.37. The van der Waals surface area contributed by atoms with Crippen LogP contribution in [-0.4, -0.2) is 11.6 Å². The lowest BCUT2D eigenvalue weighted by atomic mass is 9.42. The molecule has 114 valence electrons. The lowest BCUT2D eigenvalue weighted by Gasteiger charge is -2.59. The van der Waals surface area contributed by atoms with E-state index in [1.54, 1.807) is 0 Å².